The van der Waals surface area contributed by atoms with Gasteiger partial charge in [-0.1, -0.05) is 46.3 Å². The minimum atomic E-state index is 0.901. The first-order chi connectivity index (χ1) is 6.84. The first-order valence-electron chi connectivity index (χ1n) is 4.67. The first kappa shape index (κ1) is 9.53. The van der Waals surface area contributed by atoms with E-state index in [1.807, 2.05) is 6.07 Å². The molecule has 1 aromatic carbocycles. The van der Waals surface area contributed by atoms with E-state index in [0.717, 1.165) is 13.0 Å². The maximum Gasteiger partial charge on any atom is 0.0463 e. The Morgan fingerprint density at radius 1 is 1.14 bits per heavy atom. The van der Waals surface area contributed by atoms with Crippen LogP contribution >= 0.6 is 15.9 Å². The summed E-state index contributed by atoms with van der Waals surface area (Å²) in [6.45, 7) is 0.901. The molecule has 1 aliphatic rings. The molecule has 0 radical (unpaired) electrons. The Kier molecular flexibility index (Phi) is 3.04. The molecule has 2 rings (SSSR count). The summed E-state index contributed by atoms with van der Waals surface area (Å²) in [6, 6.07) is 10.5. The third-order valence-electron chi connectivity index (χ3n) is 2.19. The van der Waals surface area contributed by atoms with Crippen LogP contribution < -0.4 is 5.32 Å². The van der Waals surface area contributed by atoms with Crippen molar-refractivity contribution in [2.24, 2.45) is 0 Å². The van der Waals surface area contributed by atoms with Gasteiger partial charge in [0.15, 0.2) is 0 Å². The molecule has 1 aromatic rings. The van der Waals surface area contributed by atoms with Crippen molar-refractivity contribution in [2.75, 3.05) is 6.54 Å². The molecule has 1 heterocycles. The molecule has 2 heteroatoms. The van der Waals surface area contributed by atoms with Gasteiger partial charge in [0.05, 0.1) is 0 Å². The first-order valence-corrected chi connectivity index (χ1v) is 5.47. The highest BCUT2D eigenvalue weighted by Gasteiger charge is 2.03. The molecular formula is C12H12BrN. The van der Waals surface area contributed by atoms with E-state index in [9.17, 15) is 0 Å². The standard InChI is InChI=1S/C12H12BrN/c13-11-6-7-12(14-9-11)8-10-4-2-1-3-5-10/h1-7,14H,8-9H2. The molecule has 0 spiro atoms. The highest BCUT2D eigenvalue weighted by molar-refractivity contribution is 9.11. The van der Waals surface area contributed by atoms with Crippen LogP contribution in [0.5, 0.6) is 0 Å². The minimum Gasteiger partial charge on any atom is -0.383 e. The van der Waals surface area contributed by atoms with Crippen LogP contribution in [0.1, 0.15) is 5.56 Å². The molecule has 0 saturated heterocycles. The SMILES string of the molecule is BrC1=CC=C(Cc2ccccc2)NC1. The van der Waals surface area contributed by atoms with Crippen molar-refractivity contribution in [2.45, 2.75) is 6.42 Å². The molecule has 0 aromatic heterocycles. The summed E-state index contributed by atoms with van der Waals surface area (Å²) in [5.41, 5.74) is 2.62. The summed E-state index contributed by atoms with van der Waals surface area (Å²) >= 11 is 3.46. The zero-order valence-electron chi connectivity index (χ0n) is 7.83. The molecule has 1 N–H and O–H groups in total. The summed E-state index contributed by atoms with van der Waals surface area (Å²) in [4.78, 5) is 0. The largest absolute Gasteiger partial charge is 0.383 e. The molecule has 1 nitrogen and oxygen atoms in total. The average Bonchev–Trinajstić information content (AvgIpc) is 2.23. The van der Waals surface area contributed by atoms with Crippen LogP contribution in [0.4, 0.5) is 0 Å². The van der Waals surface area contributed by atoms with E-state index in [2.05, 4.69) is 57.7 Å². The van der Waals surface area contributed by atoms with Crippen molar-refractivity contribution in [3.63, 3.8) is 0 Å². The highest BCUT2D eigenvalue weighted by atomic mass is 79.9. The van der Waals surface area contributed by atoms with Crippen LogP contribution in [0.2, 0.25) is 0 Å². The van der Waals surface area contributed by atoms with Crippen molar-refractivity contribution in [3.8, 4) is 0 Å². The van der Waals surface area contributed by atoms with Crippen LogP contribution in [-0.4, -0.2) is 6.54 Å². The lowest BCUT2D eigenvalue weighted by molar-refractivity contribution is 0.841. The van der Waals surface area contributed by atoms with Crippen LogP contribution in [0.25, 0.3) is 0 Å². The summed E-state index contributed by atoms with van der Waals surface area (Å²) in [7, 11) is 0. The van der Waals surface area contributed by atoms with Gasteiger partial charge in [-0.3, -0.25) is 0 Å². The van der Waals surface area contributed by atoms with Gasteiger partial charge in [-0.2, -0.15) is 0 Å². The number of nitrogens with one attached hydrogen (secondary N) is 1. The van der Waals surface area contributed by atoms with Crippen molar-refractivity contribution in [1.82, 2.24) is 5.32 Å². The summed E-state index contributed by atoms with van der Waals surface area (Å²) < 4.78 is 1.20. The van der Waals surface area contributed by atoms with Gasteiger partial charge in [0.2, 0.25) is 0 Å². The number of allylic oxidation sites excluding steroid dienone is 3. The number of rotatable bonds is 2. The van der Waals surface area contributed by atoms with E-state index in [-0.39, 0.29) is 0 Å². The zero-order valence-corrected chi connectivity index (χ0v) is 9.42. The minimum absolute atomic E-state index is 0.901. The second-order valence-corrected chi connectivity index (χ2v) is 4.34. The highest BCUT2D eigenvalue weighted by Crippen LogP contribution is 2.13. The molecule has 14 heavy (non-hydrogen) atoms. The zero-order chi connectivity index (χ0) is 9.80. The number of hydrogen-bond acceptors (Lipinski definition) is 1. The Morgan fingerprint density at radius 2 is 1.93 bits per heavy atom. The van der Waals surface area contributed by atoms with E-state index in [0.29, 0.717) is 0 Å². The van der Waals surface area contributed by atoms with Crippen LogP contribution in [-0.2, 0) is 6.42 Å². The monoisotopic (exact) mass is 249 g/mol. The van der Waals surface area contributed by atoms with E-state index in [4.69, 9.17) is 0 Å². The Hall–Kier alpha value is -1.02. The third-order valence-corrected chi connectivity index (χ3v) is 2.73. The maximum absolute atomic E-state index is 3.46. The molecule has 0 fully saturated rings. The van der Waals surface area contributed by atoms with Gasteiger partial charge in [0, 0.05) is 23.1 Å². The number of halogens is 1. The molecule has 0 atom stereocenters. The van der Waals surface area contributed by atoms with Crippen molar-refractivity contribution >= 4 is 15.9 Å². The van der Waals surface area contributed by atoms with Crippen LogP contribution in [0, 0.1) is 0 Å². The maximum atomic E-state index is 3.46. The van der Waals surface area contributed by atoms with E-state index >= 15 is 0 Å². The predicted molar refractivity (Wildman–Crippen MR) is 63.2 cm³/mol. The Labute approximate surface area is 92.7 Å². The topological polar surface area (TPSA) is 12.0 Å². The summed E-state index contributed by atoms with van der Waals surface area (Å²) in [5.74, 6) is 0. The van der Waals surface area contributed by atoms with Crippen LogP contribution in [0.15, 0.2) is 52.7 Å². The Morgan fingerprint density at radius 3 is 2.57 bits per heavy atom. The van der Waals surface area contributed by atoms with Crippen molar-refractivity contribution in [1.29, 1.82) is 0 Å². The smallest absolute Gasteiger partial charge is 0.0463 e. The number of benzene rings is 1. The van der Waals surface area contributed by atoms with Gasteiger partial charge in [0.1, 0.15) is 0 Å². The van der Waals surface area contributed by atoms with Gasteiger partial charge < -0.3 is 5.32 Å². The van der Waals surface area contributed by atoms with Gasteiger partial charge in [0.25, 0.3) is 0 Å². The third kappa shape index (κ3) is 2.48. The average molecular weight is 250 g/mol. The number of hydrogen-bond donors (Lipinski definition) is 1. The summed E-state index contributed by atoms with van der Waals surface area (Å²) in [6.07, 6.45) is 5.22. The second kappa shape index (κ2) is 4.47. The van der Waals surface area contributed by atoms with Gasteiger partial charge in [-0.15, -0.1) is 0 Å². The number of dihydropyridines is 1. The molecule has 0 aliphatic carbocycles. The fourth-order valence-electron chi connectivity index (χ4n) is 1.44. The lowest BCUT2D eigenvalue weighted by Gasteiger charge is -2.14. The normalized spacial score (nSPS) is 15.5. The molecule has 1 aliphatic heterocycles. The van der Waals surface area contributed by atoms with Crippen molar-refractivity contribution in [3.05, 3.63) is 58.2 Å². The molecular weight excluding hydrogens is 238 g/mol. The quantitative estimate of drug-likeness (QED) is 0.850. The van der Waals surface area contributed by atoms with Gasteiger partial charge in [-0.05, 0) is 17.7 Å². The Balaban J connectivity index is 2.06. The predicted octanol–water partition coefficient (Wildman–Crippen LogP) is 3.00. The molecule has 0 amide bonds. The van der Waals surface area contributed by atoms with Crippen molar-refractivity contribution < 1.29 is 0 Å². The molecule has 0 bridgehead atoms. The molecule has 72 valence electrons. The molecule has 0 unspecified atom stereocenters. The van der Waals surface area contributed by atoms with Gasteiger partial charge in [-0.25, -0.2) is 0 Å². The lowest BCUT2D eigenvalue weighted by atomic mass is 10.1. The van der Waals surface area contributed by atoms with E-state index in [1.54, 1.807) is 0 Å². The second-order valence-electron chi connectivity index (χ2n) is 3.32. The summed E-state index contributed by atoms with van der Waals surface area (Å²) in [5, 5.41) is 3.36. The Bertz CT molecular complexity index is 365. The fourth-order valence-corrected chi connectivity index (χ4v) is 1.72. The fraction of sp³-hybridized carbons (Fsp3) is 0.167. The van der Waals surface area contributed by atoms with Crippen LogP contribution in [0.3, 0.4) is 0 Å². The van der Waals surface area contributed by atoms with E-state index < -0.39 is 0 Å². The molecule has 0 saturated carbocycles. The van der Waals surface area contributed by atoms with E-state index in [1.165, 1.54) is 15.7 Å². The lowest BCUT2D eigenvalue weighted by Crippen LogP contribution is -2.19. The van der Waals surface area contributed by atoms with Gasteiger partial charge >= 0.3 is 0 Å².